The van der Waals surface area contributed by atoms with Crippen LogP contribution in [0.15, 0.2) is 0 Å². The monoisotopic (exact) mass is 271 g/mol. The second-order valence-electron chi connectivity index (χ2n) is 5.21. The average Bonchev–Trinajstić information content (AvgIpc) is 2.82. The maximum absolute atomic E-state index is 12.3. The van der Waals surface area contributed by atoms with Crippen molar-refractivity contribution >= 4 is 12.0 Å². The number of amides is 2. The van der Waals surface area contributed by atoms with Gasteiger partial charge < -0.3 is 19.8 Å². The Hall–Kier alpha value is -1.30. The number of nitrogens with zero attached hydrogens (tertiary/aromatic N) is 3. The quantitative estimate of drug-likeness (QED) is 0.780. The van der Waals surface area contributed by atoms with Crippen LogP contribution < -0.4 is 0 Å². The number of hydrogen-bond donors (Lipinski definition) is 1. The van der Waals surface area contributed by atoms with Crippen molar-refractivity contribution in [3.05, 3.63) is 0 Å². The second-order valence-corrected chi connectivity index (χ2v) is 5.21. The van der Waals surface area contributed by atoms with Gasteiger partial charge in [0.05, 0.1) is 0 Å². The van der Waals surface area contributed by atoms with E-state index in [0.29, 0.717) is 26.1 Å². The van der Waals surface area contributed by atoms with Gasteiger partial charge in [-0.3, -0.25) is 0 Å². The van der Waals surface area contributed by atoms with Gasteiger partial charge in [-0.1, -0.05) is 0 Å². The Kier molecular flexibility index (Phi) is 6.08. The third-order valence-corrected chi connectivity index (χ3v) is 3.47. The number of rotatable bonds is 6. The molecule has 19 heavy (non-hydrogen) atoms. The molecule has 1 aliphatic rings. The topological polar surface area (TPSA) is 64.1 Å². The van der Waals surface area contributed by atoms with E-state index in [1.54, 1.807) is 4.90 Å². The minimum atomic E-state index is -0.893. The lowest BCUT2D eigenvalue weighted by Crippen LogP contribution is -2.48. The molecule has 0 saturated carbocycles. The van der Waals surface area contributed by atoms with Gasteiger partial charge in [-0.15, -0.1) is 0 Å². The van der Waals surface area contributed by atoms with E-state index in [9.17, 15) is 9.59 Å². The Labute approximate surface area is 115 Å². The minimum Gasteiger partial charge on any atom is -0.480 e. The summed E-state index contributed by atoms with van der Waals surface area (Å²) in [5.41, 5.74) is 0. The molecule has 0 bridgehead atoms. The predicted octanol–water partition coefficient (Wildman–Crippen LogP) is 0.929. The molecule has 0 radical (unpaired) electrons. The first-order valence-corrected chi connectivity index (χ1v) is 6.90. The second kappa shape index (κ2) is 7.33. The summed E-state index contributed by atoms with van der Waals surface area (Å²) in [7, 11) is 4.00. The van der Waals surface area contributed by atoms with Crippen molar-refractivity contribution in [3.63, 3.8) is 0 Å². The predicted molar refractivity (Wildman–Crippen MR) is 73.2 cm³/mol. The Morgan fingerprint density at radius 2 is 2.00 bits per heavy atom. The Balaban J connectivity index is 2.55. The lowest BCUT2D eigenvalue weighted by molar-refractivity contribution is -0.141. The molecule has 0 spiro atoms. The molecule has 0 aromatic rings. The van der Waals surface area contributed by atoms with Crippen LogP contribution in [0.25, 0.3) is 0 Å². The molecule has 0 aromatic heterocycles. The van der Waals surface area contributed by atoms with E-state index in [0.717, 1.165) is 19.4 Å². The van der Waals surface area contributed by atoms with Gasteiger partial charge in [0, 0.05) is 19.6 Å². The summed E-state index contributed by atoms with van der Waals surface area (Å²) in [6, 6.07) is -0.776. The van der Waals surface area contributed by atoms with Crippen LogP contribution in [0.3, 0.4) is 0 Å². The summed E-state index contributed by atoms with van der Waals surface area (Å²) < 4.78 is 0. The van der Waals surface area contributed by atoms with Crippen molar-refractivity contribution in [2.24, 2.45) is 0 Å². The van der Waals surface area contributed by atoms with Crippen molar-refractivity contribution < 1.29 is 14.7 Å². The smallest absolute Gasteiger partial charge is 0.326 e. The number of carboxylic acid groups (broad SMARTS) is 1. The number of hydrogen-bond acceptors (Lipinski definition) is 3. The van der Waals surface area contributed by atoms with Crippen molar-refractivity contribution in [1.29, 1.82) is 0 Å². The first-order chi connectivity index (χ1) is 8.97. The van der Waals surface area contributed by atoms with Crippen LogP contribution in [0, 0.1) is 0 Å². The molecule has 6 nitrogen and oxygen atoms in total. The van der Waals surface area contributed by atoms with Gasteiger partial charge in [0.25, 0.3) is 0 Å². The summed E-state index contributed by atoms with van der Waals surface area (Å²) >= 11 is 0. The number of urea groups is 1. The summed E-state index contributed by atoms with van der Waals surface area (Å²) in [6.45, 7) is 4.71. The van der Waals surface area contributed by atoms with Crippen LogP contribution in [0.2, 0.25) is 0 Å². The highest BCUT2D eigenvalue weighted by Crippen LogP contribution is 2.19. The zero-order valence-electron chi connectivity index (χ0n) is 12.1. The van der Waals surface area contributed by atoms with Crippen molar-refractivity contribution in [1.82, 2.24) is 14.7 Å². The molecule has 1 aliphatic heterocycles. The average molecular weight is 271 g/mol. The number of likely N-dealkylation sites (tertiary alicyclic amines) is 1. The lowest BCUT2D eigenvalue weighted by atomic mass is 10.2. The largest absolute Gasteiger partial charge is 0.480 e. The zero-order chi connectivity index (χ0) is 14.4. The molecular weight excluding hydrogens is 246 g/mol. The maximum Gasteiger partial charge on any atom is 0.326 e. The molecule has 1 saturated heterocycles. The minimum absolute atomic E-state index is 0.133. The van der Waals surface area contributed by atoms with Gasteiger partial charge in [0.15, 0.2) is 0 Å². The van der Waals surface area contributed by atoms with Crippen LogP contribution in [-0.4, -0.2) is 78.1 Å². The van der Waals surface area contributed by atoms with Gasteiger partial charge in [-0.05, 0) is 46.8 Å². The SMILES string of the molecule is CCN(CCCN(C)C)C(=O)N1CCC[C@H]1C(=O)O. The third kappa shape index (κ3) is 4.38. The highest BCUT2D eigenvalue weighted by molar-refractivity contribution is 5.83. The number of aliphatic carboxylic acids is 1. The van der Waals surface area contributed by atoms with Crippen LogP contribution in [0.4, 0.5) is 4.79 Å². The van der Waals surface area contributed by atoms with Crippen molar-refractivity contribution in [3.8, 4) is 0 Å². The molecule has 6 heteroatoms. The van der Waals surface area contributed by atoms with Crippen molar-refractivity contribution in [2.45, 2.75) is 32.2 Å². The summed E-state index contributed by atoms with van der Waals surface area (Å²) in [5, 5.41) is 9.12. The van der Waals surface area contributed by atoms with E-state index in [4.69, 9.17) is 5.11 Å². The molecular formula is C13H25N3O3. The molecule has 0 aromatic carbocycles. The van der Waals surface area contributed by atoms with E-state index in [2.05, 4.69) is 4.90 Å². The fourth-order valence-corrected chi connectivity index (χ4v) is 2.40. The highest BCUT2D eigenvalue weighted by Gasteiger charge is 2.35. The van der Waals surface area contributed by atoms with E-state index < -0.39 is 12.0 Å². The first-order valence-electron chi connectivity index (χ1n) is 6.90. The van der Waals surface area contributed by atoms with Crippen LogP contribution in [0.1, 0.15) is 26.2 Å². The lowest BCUT2D eigenvalue weighted by Gasteiger charge is -2.29. The molecule has 2 amide bonds. The van der Waals surface area contributed by atoms with E-state index in [-0.39, 0.29) is 6.03 Å². The van der Waals surface area contributed by atoms with Gasteiger partial charge >= 0.3 is 12.0 Å². The molecule has 1 atom stereocenters. The van der Waals surface area contributed by atoms with E-state index in [1.807, 2.05) is 21.0 Å². The Bertz CT molecular complexity index is 320. The molecule has 0 aliphatic carbocycles. The fraction of sp³-hybridized carbons (Fsp3) is 0.846. The first kappa shape index (κ1) is 15.8. The molecule has 1 heterocycles. The molecule has 1 fully saturated rings. The van der Waals surface area contributed by atoms with Crippen molar-refractivity contribution in [2.75, 3.05) is 40.3 Å². The third-order valence-electron chi connectivity index (χ3n) is 3.47. The maximum atomic E-state index is 12.3. The van der Waals surface area contributed by atoms with Crippen LogP contribution in [-0.2, 0) is 4.79 Å². The van der Waals surface area contributed by atoms with Gasteiger partial charge in [0.1, 0.15) is 6.04 Å². The summed E-state index contributed by atoms with van der Waals surface area (Å²) in [6.07, 6.45) is 2.24. The molecule has 1 N–H and O–H groups in total. The van der Waals surface area contributed by atoms with Crippen LogP contribution in [0.5, 0.6) is 0 Å². The Morgan fingerprint density at radius 1 is 1.32 bits per heavy atom. The fourth-order valence-electron chi connectivity index (χ4n) is 2.40. The molecule has 1 rings (SSSR count). The van der Waals surface area contributed by atoms with E-state index in [1.165, 1.54) is 4.90 Å². The standard InChI is InChI=1S/C13H25N3O3/c1-4-15(9-6-8-14(2)3)13(19)16-10-5-7-11(16)12(17)18/h11H,4-10H2,1-3H3,(H,17,18)/t11-/m0/s1. The van der Waals surface area contributed by atoms with Gasteiger partial charge in [0.2, 0.25) is 0 Å². The number of carbonyl (C=O) groups is 2. The number of carbonyl (C=O) groups excluding carboxylic acids is 1. The highest BCUT2D eigenvalue weighted by atomic mass is 16.4. The summed E-state index contributed by atoms with van der Waals surface area (Å²) in [5.74, 6) is -0.893. The van der Waals surface area contributed by atoms with E-state index >= 15 is 0 Å². The normalized spacial score (nSPS) is 18.9. The Morgan fingerprint density at radius 3 is 2.53 bits per heavy atom. The van der Waals surface area contributed by atoms with Gasteiger partial charge in [-0.25, -0.2) is 9.59 Å². The van der Waals surface area contributed by atoms with Gasteiger partial charge in [-0.2, -0.15) is 0 Å². The van der Waals surface area contributed by atoms with Crippen LogP contribution >= 0.6 is 0 Å². The summed E-state index contributed by atoms with van der Waals surface area (Å²) in [4.78, 5) is 28.8. The molecule has 0 unspecified atom stereocenters. The molecule has 110 valence electrons. The number of carboxylic acids is 1. The zero-order valence-corrected chi connectivity index (χ0v) is 12.1.